The van der Waals surface area contributed by atoms with E-state index in [1.807, 2.05) is 71.6 Å². The van der Waals surface area contributed by atoms with E-state index in [-0.39, 0.29) is 11.5 Å². The summed E-state index contributed by atoms with van der Waals surface area (Å²) >= 11 is 1.24. The monoisotopic (exact) mass is 494 g/mol. The van der Waals surface area contributed by atoms with E-state index in [1.54, 1.807) is 0 Å². The second kappa shape index (κ2) is 9.32. The zero-order chi connectivity index (χ0) is 24.6. The summed E-state index contributed by atoms with van der Waals surface area (Å²) in [5.41, 5.74) is 2.74. The van der Waals surface area contributed by atoms with Gasteiger partial charge in [0.25, 0.3) is 11.5 Å². The minimum absolute atomic E-state index is 0.109. The van der Waals surface area contributed by atoms with Gasteiger partial charge in [0.2, 0.25) is 4.96 Å². The molecule has 0 N–H and O–H groups in total. The van der Waals surface area contributed by atoms with Gasteiger partial charge in [-0.3, -0.25) is 9.59 Å². The molecule has 3 heterocycles. The van der Waals surface area contributed by atoms with Crippen molar-refractivity contribution in [3.8, 4) is 11.4 Å². The van der Waals surface area contributed by atoms with E-state index in [0.29, 0.717) is 27.4 Å². The highest BCUT2D eigenvalue weighted by Gasteiger charge is 2.34. The van der Waals surface area contributed by atoms with Crippen molar-refractivity contribution in [3.05, 3.63) is 87.2 Å². The maximum Gasteiger partial charge on any atom is 0.291 e. The zero-order valence-corrected chi connectivity index (χ0v) is 20.9. The first-order valence-electron chi connectivity index (χ1n) is 12.5. The third kappa shape index (κ3) is 3.71. The molecule has 1 amide bonds. The summed E-state index contributed by atoms with van der Waals surface area (Å²) in [4.78, 5) is 34.1. The molecule has 0 atom stereocenters. The molecule has 0 radical (unpaired) electrons. The predicted molar refractivity (Wildman–Crippen MR) is 145 cm³/mol. The number of thiazole rings is 1. The minimum atomic E-state index is -0.295. The molecule has 180 valence electrons. The zero-order valence-electron chi connectivity index (χ0n) is 20.1. The maximum absolute atomic E-state index is 13.6. The summed E-state index contributed by atoms with van der Waals surface area (Å²) in [7, 11) is 0. The molecular formula is C29H26N4O2S. The Morgan fingerprint density at radius 2 is 1.58 bits per heavy atom. The molecule has 0 fully saturated rings. The van der Waals surface area contributed by atoms with Crippen LogP contribution in [0.25, 0.3) is 32.7 Å². The van der Waals surface area contributed by atoms with Gasteiger partial charge in [0, 0.05) is 17.7 Å². The van der Waals surface area contributed by atoms with E-state index in [9.17, 15) is 9.59 Å². The quantitative estimate of drug-likeness (QED) is 0.292. The van der Waals surface area contributed by atoms with Gasteiger partial charge in [-0.25, -0.2) is 0 Å². The number of carbonyl (C=O) groups excluding carboxylic acids is 1. The van der Waals surface area contributed by atoms with Crippen molar-refractivity contribution in [3.63, 3.8) is 0 Å². The number of hydrogen-bond donors (Lipinski definition) is 0. The van der Waals surface area contributed by atoms with E-state index in [0.717, 1.165) is 40.4 Å². The lowest BCUT2D eigenvalue weighted by Gasteiger charge is -2.16. The normalized spacial score (nSPS) is 14.8. The highest BCUT2D eigenvalue weighted by atomic mass is 32.1. The molecule has 7 heteroatoms. The fourth-order valence-electron chi connectivity index (χ4n) is 5.01. The lowest BCUT2D eigenvalue weighted by molar-refractivity contribution is -0.113. The molecule has 5 aromatic rings. The van der Waals surface area contributed by atoms with Crippen molar-refractivity contribution in [1.29, 1.82) is 0 Å². The highest BCUT2D eigenvalue weighted by molar-refractivity contribution is 7.15. The molecule has 1 aliphatic rings. The van der Waals surface area contributed by atoms with Crippen LogP contribution in [0.4, 0.5) is 5.69 Å². The van der Waals surface area contributed by atoms with Crippen LogP contribution in [0.2, 0.25) is 0 Å². The Morgan fingerprint density at radius 3 is 2.44 bits per heavy atom. The fourth-order valence-corrected chi connectivity index (χ4v) is 6.01. The molecule has 3 aromatic carbocycles. The van der Waals surface area contributed by atoms with Crippen molar-refractivity contribution >= 4 is 44.2 Å². The molecule has 36 heavy (non-hydrogen) atoms. The van der Waals surface area contributed by atoms with Gasteiger partial charge in [0.1, 0.15) is 4.53 Å². The van der Waals surface area contributed by atoms with Crippen LogP contribution in [0.3, 0.4) is 0 Å². The molecule has 0 unspecified atom stereocenters. The second-order valence-corrected chi connectivity index (χ2v) is 10.1. The number of anilines is 1. The number of benzene rings is 3. The van der Waals surface area contributed by atoms with Crippen molar-refractivity contribution < 1.29 is 4.79 Å². The average Bonchev–Trinajstić information content (AvgIpc) is 3.54. The Morgan fingerprint density at radius 1 is 0.833 bits per heavy atom. The second-order valence-electron chi connectivity index (χ2n) is 9.16. The summed E-state index contributed by atoms with van der Waals surface area (Å²) in [5.74, 6) is 0.404. The molecule has 0 bridgehead atoms. The molecule has 1 aliphatic heterocycles. The maximum atomic E-state index is 13.6. The summed E-state index contributed by atoms with van der Waals surface area (Å²) in [6, 6.07) is 21.8. The summed E-state index contributed by atoms with van der Waals surface area (Å²) < 4.78 is 1.74. The topological polar surface area (TPSA) is 67.6 Å². The van der Waals surface area contributed by atoms with Crippen LogP contribution < -0.4 is 15.0 Å². The van der Waals surface area contributed by atoms with Crippen molar-refractivity contribution in [1.82, 2.24) is 14.6 Å². The third-order valence-corrected chi connectivity index (χ3v) is 7.85. The number of amides is 1. The van der Waals surface area contributed by atoms with Crippen LogP contribution in [0.15, 0.2) is 71.5 Å². The van der Waals surface area contributed by atoms with Gasteiger partial charge in [-0.15, -0.1) is 5.10 Å². The number of hydrogen-bond acceptors (Lipinski definition) is 5. The standard InChI is InChI=1S/C29H26N4O2S/c1-2-3-4-5-10-18-32-23-17-9-8-15-22(23)24(27(32)34)25-28(35)33-29(36-25)30-26(31-33)21-16-11-13-19-12-6-7-14-20(19)21/h6-9,11-17H,2-5,10,18H2,1H3. The fraction of sp³-hybridized carbons (Fsp3) is 0.241. The molecule has 0 saturated heterocycles. The van der Waals surface area contributed by atoms with Gasteiger partial charge < -0.3 is 4.90 Å². The molecule has 2 aromatic heterocycles. The first kappa shape index (κ1) is 22.6. The number of fused-ring (bicyclic) bond motifs is 3. The number of nitrogens with zero attached hydrogens (tertiary/aromatic N) is 4. The minimum Gasteiger partial charge on any atom is -0.308 e. The number of aromatic nitrogens is 3. The Bertz CT molecular complexity index is 1710. The Labute approximate surface area is 212 Å². The van der Waals surface area contributed by atoms with Gasteiger partial charge in [-0.2, -0.15) is 9.50 Å². The first-order chi connectivity index (χ1) is 17.7. The highest BCUT2D eigenvalue weighted by Crippen LogP contribution is 2.35. The van der Waals surface area contributed by atoms with Crippen LogP contribution in [0.5, 0.6) is 0 Å². The van der Waals surface area contributed by atoms with Gasteiger partial charge in [0.15, 0.2) is 5.82 Å². The average molecular weight is 495 g/mol. The van der Waals surface area contributed by atoms with Gasteiger partial charge >= 0.3 is 0 Å². The third-order valence-electron chi connectivity index (χ3n) is 6.82. The van der Waals surface area contributed by atoms with Crippen LogP contribution in [-0.4, -0.2) is 27.0 Å². The SMILES string of the molecule is CCCCCCCN1C(=O)C(=c2sc3nc(-c4cccc5ccccc45)nn3c2=O)c2ccccc21. The predicted octanol–water partition coefficient (Wildman–Crippen LogP) is 5.21. The largest absolute Gasteiger partial charge is 0.308 e. The van der Waals surface area contributed by atoms with Gasteiger partial charge in [-0.1, -0.05) is 105 Å². The van der Waals surface area contributed by atoms with Crippen molar-refractivity contribution in [2.75, 3.05) is 11.4 Å². The van der Waals surface area contributed by atoms with Crippen molar-refractivity contribution in [2.24, 2.45) is 0 Å². The Hall–Kier alpha value is -3.84. The van der Waals surface area contributed by atoms with E-state index in [4.69, 9.17) is 4.98 Å². The Kier molecular flexibility index (Phi) is 5.85. The van der Waals surface area contributed by atoms with Gasteiger partial charge in [0.05, 0.1) is 11.3 Å². The lowest BCUT2D eigenvalue weighted by atomic mass is 10.0. The van der Waals surface area contributed by atoms with Crippen molar-refractivity contribution in [2.45, 2.75) is 39.0 Å². The summed E-state index contributed by atoms with van der Waals surface area (Å²) in [5, 5.41) is 6.70. The molecule has 6 nitrogen and oxygen atoms in total. The van der Waals surface area contributed by atoms with Crippen LogP contribution >= 0.6 is 11.3 Å². The summed E-state index contributed by atoms with van der Waals surface area (Å²) in [6.45, 7) is 2.85. The number of unbranched alkanes of at least 4 members (excludes halogenated alkanes) is 4. The van der Waals surface area contributed by atoms with Crippen LogP contribution in [0, 0.1) is 0 Å². The van der Waals surface area contributed by atoms with E-state index in [1.165, 1.54) is 35.1 Å². The molecule has 0 spiro atoms. The molecule has 0 aliphatic carbocycles. The molecular weight excluding hydrogens is 468 g/mol. The number of para-hydroxylation sites is 1. The summed E-state index contributed by atoms with van der Waals surface area (Å²) in [6.07, 6.45) is 5.61. The van der Waals surface area contributed by atoms with Crippen LogP contribution in [0.1, 0.15) is 44.6 Å². The van der Waals surface area contributed by atoms with E-state index in [2.05, 4.69) is 12.0 Å². The number of rotatable bonds is 7. The molecule has 6 rings (SSSR count). The van der Waals surface area contributed by atoms with Crippen LogP contribution in [-0.2, 0) is 4.79 Å². The smallest absolute Gasteiger partial charge is 0.291 e. The van der Waals surface area contributed by atoms with E-state index < -0.39 is 0 Å². The van der Waals surface area contributed by atoms with Gasteiger partial charge in [-0.05, 0) is 23.3 Å². The first-order valence-corrected chi connectivity index (χ1v) is 13.3. The van der Waals surface area contributed by atoms with E-state index >= 15 is 0 Å². The Balaban J connectivity index is 1.42. The lowest BCUT2D eigenvalue weighted by Crippen LogP contribution is -2.33. The molecule has 0 saturated carbocycles. The number of carbonyl (C=O) groups is 1.